The smallest absolute Gasteiger partial charge is 0.419 e. The van der Waals surface area contributed by atoms with Crippen molar-refractivity contribution in [2.24, 2.45) is 0 Å². The third-order valence-electron chi connectivity index (χ3n) is 1.60. The van der Waals surface area contributed by atoms with Crippen LogP contribution in [0.2, 0.25) is 0 Å². The van der Waals surface area contributed by atoms with Gasteiger partial charge in [0.05, 0.1) is 17.8 Å². The highest BCUT2D eigenvalue weighted by Gasteiger charge is 2.12. The van der Waals surface area contributed by atoms with E-state index in [1.807, 2.05) is 18.2 Å². The molecule has 0 radical (unpaired) electrons. The van der Waals surface area contributed by atoms with Gasteiger partial charge in [0.25, 0.3) is 0 Å². The van der Waals surface area contributed by atoms with Gasteiger partial charge in [0, 0.05) is 0 Å². The number of thiocarbonyl (C=S) groups is 1. The van der Waals surface area contributed by atoms with Gasteiger partial charge in [-0.25, -0.2) is 9.69 Å². The molecule has 0 fully saturated rings. The first-order valence-electron chi connectivity index (χ1n) is 4.26. The summed E-state index contributed by atoms with van der Waals surface area (Å²) in [5.74, 6) is 0. The standard InChI is InChI=1S/C10H11NO2S/c1-2-13-10(12)11(8-14)9-6-4-3-5-7-9/h3-8H,2H2,1H3. The maximum Gasteiger partial charge on any atom is 0.419 e. The van der Waals surface area contributed by atoms with Gasteiger partial charge in [0.1, 0.15) is 0 Å². The Kier molecular flexibility index (Phi) is 4.07. The van der Waals surface area contributed by atoms with Crippen LogP contribution in [0.3, 0.4) is 0 Å². The number of rotatable bonds is 3. The van der Waals surface area contributed by atoms with Gasteiger partial charge in [0.2, 0.25) is 0 Å². The molecule has 0 aliphatic rings. The summed E-state index contributed by atoms with van der Waals surface area (Å²) in [4.78, 5) is 12.7. The van der Waals surface area contributed by atoms with Gasteiger partial charge in [-0.1, -0.05) is 30.4 Å². The number of anilines is 1. The van der Waals surface area contributed by atoms with Gasteiger partial charge in [-0.15, -0.1) is 0 Å². The normalized spacial score (nSPS) is 9.21. The summed E-state index contributed by atoms with van der Waals surface area (Å²) in [5.41, 5.74) is 1.98. The number of carbonyl (C=O) groups is 1. The molecule has 1 amide bonds. The van der Waals surface area contributed by atoms with Gasteiger partial charge < -0.3 is 4.74 Å². The molecule has 0 spiro atoms. The maximum atomic E-state index is 11.4. The SMILES string of the molecule is CCOC(=O)N(C=S)c1ccccc1. The average Bonchev–Trinajstić information content (AvgIpc) is 2.21. The van der Waals surface area contributed by atoms with E-state index in [1.54, 1.807) is 19.1 Å². The molecule has 0 bridgehead atoms. The van der Waals surface area contributed by atoms with Crippen LogP contribution >= 0.6 is 12.2 Å². The molecule has 0 N–H and O–H groups in total. The van der Waals surface area contributed by atoms with Crippen molar-refractivity contribution < 1.29 is 9.53 Å². The van der Waals surface area contributed by atoms with Gasteiger partial charge in [-0.3, -0.25) is 0 Å². The molecule has 0 heterocycles. The van der Waals surface area contributed by atoms with E-state index < -0.39 is 6.09 Å². The second kappa shape index (κ2) is 5.34. The lowest BCUT2D eigenvalue weighted by atomic mass is 10.3. The summed E-state index contributed by atoms with van der Waals surface area (Å²) in [6, 6.07) is 9.12. The van der Waals surface area contributed by atoms with Crippen LogP contribution in [-0.4, -0.2) is 18.2 Å². The van der Waals surface area contributed by atoms with Gasteiger partial charge in [-0.2, -0.15) is 0 Å². The number of hydrogen-bond acceptors (Lipinski definition) is 3. The Balaban J connectivity index is 2.82. The van der Waals surface area contributed by atoms with E-state index in [1.165, 1.54) is 10.4 Å². The van der Waals surface area contributed by atoms with Crippen molar-refractivity contribution in [1.29, 1.82) is 0 Å². The van der Waals surface area contributed by atoms with E-state index in [4.69, 9.17) is 17.0 Å². The highest BCUT2D eigenvalue weighted by atomic mass is 32.1. The molecular formula is C10H11NO2S. The molecule has 0 aromatic heterocycles. The fourth-order valence-electron chi connectivity index (χ4n) is 0.991. The molecule has 1 rings (SSSR count). The van der Waals surface area contributed by atoms with Crippen molar-refractivity contribution in [1.82, 2.24) is 0 Å². The summed E-state index contributed by atoms with van der Waals surface area (Å²) in [6.07, 6.45) is -0.450. The van der Waals surface area contributed by atoms with Crippen LogP contribution in [0.4, 0.5) is 10.5 Å². The largest absolute Gasteiger partial charge is 0.449 e. The van der Waals surface area contributed by atoms with E-state index >= 15 is 0 Å². The van der Waals surface area contributed by atoms with E-state index in [0.717, 1.165) is 0 Å². The summed E-state index contributed by atoms with van der Waals surface area (Å²) >= 11 is 4.75. The molecule has 0 aliphatic carbocycles. The van der Waals surface area contributed by atoms with Gasteiger partial charge >= 0.3 is 6.09 Å². The number of hydrogen-bond donors (Lipinski definition) is 0. The number of ether oxygens (including phenoxy) is 1. The highest BCUT2D eigenvalue weighted by molar-refractivity contribution is 7.79. The minimum atomic E-state index is -0.450. The predicted molar refractivity (Wildman–Crippen MR) is 59.6 cm³/mol. The lowest BCUT2D eigenvalue weighted by Gasteiger charge is -2.15. The van der Waals surface area contributed by atoms with E-state index in [0.29, 0.717) is 12.3 Å². The Labute approximate surface area is 88.3 Å². The zero-order chi connectivity index (χ0) is 10.4. The van der Waals surface area contributed by atoms with Crippen molar-refractivity contribution >= 4 is 29.5 Å². The first-order chi connectivity index (χ1) is 6.79. The highest BCUT2D eigenvalue weighted by Crippen LogP contribution is 2.12. The van der Waals surface area contributed by atoms with Crippen LogP contribution in [0, 0.1) is 0 Å². The van der Waals surface area contributed by atoms with Crippen LogP contribution in [-0.2, 0) is 4.74 Å². The summed E-state index contributed by atoms with van der Waals surface area (Å²) in [7, 11) is 0. The first kappa shape index (κ1) is 10.7. The molecule has 3 nitrogen and oxygen atoms in total. The minimum Gasteiger partial charge on any atom is -0.449 e. The molecule has 1 aromatic rings. The lowest BCUT2D eigenvalue weighted by Crippen LogP contribution is -2.29. The predicted octanol–water partition coefficient (Wildman–Crippen LogP) is 2.61. The minimum absolute atomic E-state index is 0.339. The molecule has 0 saturated carbocycles. The molecule has 74 valence electrons. The third-order valence-corrected chi connectivity index (χ3v) is 1.82. The molecule has 0 saturated heterocycles. The van der Waals surface area contributed by atoms with Crippen molar-refractivity contribution in [2.45, 2.75) is 6.92 Å². The molecule has 0 atom stereocenters. The monoisotopic (exact) mass is 209 g/mol. The Hall–Kier alpha value is -1.42. The zero-order valence-corrected chi connectivity index (χ0v) is 8.66. The fraction of sp³-hybridized carbons (Fsp3) is 0.200. The van der Waals surface area contributed by atoms with E-state index in [9.17, 15) is 4.79 Å². The Morgan fingerprint density at radius 3 is 2.64 bits per heavy atom. The number of carbonyl (C=O) groups excluding carboxylic acids is 1. The summed E-state index contributed by atoms with van der Waals surface area (Å²) < 4.78 is 4.84. The number of nitrogens with zero attached hydrogens (tertiary/aromatic N) is 1. The third kappa shape index (κ3) is 2.53. The van der Waals surface area contributed by atoms with Gasteiger partial charge in [0.15, 0.2) is 0 Å². The quantitative estimate of drug-likeness (QED) is 0.717. The van der Waals surface area contributed by atoms with Crippen molar-refractivity contribution in [3.8, 4) is 0 Å². The zero-order valence-electron chi connectivity index (χ0n) is 7.84. The fourth-order valence-corrected chi connectivity index (χ4v) is 1.20. The molecule has 0 aliphatic heterocycles. The van der Waals surface area contributed by atoms with Crippen molar-refractivity contribution in [3.05, 3.63) is 30.3 Å². The average molecular weight is 209 g/mol. The van der Waals surface area contributed by atoms with Crippen LogP contribution in [0.1, 0.15) is 6.92 Å². The van der Waals surface area contributed by atoms with Gasteiger partial charge in [-0.05, 0) is 19.1 Å². The summed E-state index contributed by atoms with van der Waals surface area (Å²) in [6.45, 7) is 2.09. The van der Waals surface area contributed by atoms with Crippen LogP contribution in [0.5, 0.6) is 0 Å². The van der Waals surface area contributed by atoms with Crippen LogP contribution in [0.25, 0.3) is 0 Å². The maximum absolute atomic E-state index is 11.4. The molecule has 14 heavy (non-hydrogen) atoms. The molecule has 0 unspecified atom stereocenters. The topological polar surface area (TPSA) is 29.5 Å². The number of benzene rings is 1. The van der Waals surface area contributed by atoms with E-state index in [2.05, 4.69) is 0 Å². The second-order valence-electron chi connectivity index (χ2n) is 2.51. The number of para-hydroxylation sites is 1. The van der Waals surface area contributed by atoms with Crippen LogP contribution < -0.4 is 4.90 Å². The Morgan fingerprint density at radius 1 is 1.50 bits per heavy atom. The summed E-state index contributed by atoms with van der Waals surface area (Å²) in [5, 5.41) is 0. The molecular weight excluding hydrogens is 198 g/mol. The molecule has 1 aromatic carbocycles. The van der Waals surface area contributed by atoms with Crippen LogP contribution in [0.15, 0.2) is 30.3 Å². The Bertz CT molecular complexity index is 313. The van der Waals surface area contributed by atoms with Crippen molar-refractivity contribution in [2.75, 3.05) is 11.5 Å². The Morgan fingerprint density at radius 2 is 2.14 bits per heavy atom. The molecule has 4 heteroatoms. The second-order valence-corrected chi connectivity index (χ2v) is 2.72. The first-order valence-corrected chi connectivity index (χ1v) is 4.73. The lowest BCUT2D eigenvalue weighted by molar-refractivity contribution is 0.163. The van der Waals surface area contributed by atoms with E-state index in [-0.39, 0.29) is 0 Å². The number of amides is 1. The van der Waals surface area contributed by atoms with Crippen molar-refractivity contribution in [3.63, 3.8) is 0 Å².